The molecule has 3 heterocycles. The topological polar surface area (TPSA) is 98.2 Å². The van der Waals surface area contributed by atoms with E-state index in [0.29, 0.717) is 28.7 Å². The van der Waals surface area contributed by atoms with Gasteiger partial charge in [-0.1, -0.05) is 23.2 Å². The summed E-state index contributed by atoms with van der Waals surface area (Å²) < 4.78 is 29.0. The summed E-state index contributed by atoms with van der Waals surface area (Å²) in [6.07, 6.45) is 3.12. The molecular formula is C16H17Cl2N3O3S2. The maximum absolute atomic E-state index is 11.4. The van der Waals surface area contributed by atoms with Crippen LogP contribution in [0.15, 0.2) is 28.9 Å². The van der Waals surface area contributed by atoms with Gasteiger partial charge in [-0.05, 0) is 18.6 Å². The maximum atomic E-state index is 11.4. The van der Waals surface area contributed by atoms with Crippen molar-refractivity contribution in [3.8, 4) is 0 Å². The van der Waals surface area contributed by atoms with E-state index < -0.39 is 15.9 Å². The number of furan rings is 1. The zero-order valence-corrected chi connectivity index (χ0v) is 17.0. The van der Waals surface area contributed by atoms with Crippen LogP contribution >= 0.6 is 34.5 Å². The number of halogens is 2. The highest BCUT2D eigenvalue weighted by Gasteiger charge is 2.20. The minimum atomic E-state index is -3.16. The second kappa shape index (κ2) is 7.74. The van der Waals surface area contributed by atoms with Crippen LogP contribution in [0.4, 0.5) is 5.69 Å². The van der Waals surface area contributed by atoms with E-state index in [4.69, 9.17) is 33.4 Å². The fourth-order valence-electron chi connectivity index (χ4n) is 2.60. The van der Waals surface area contributed by atoms with Crippen molar-refractivity contribution in [3.63, 3.8) is 0 Å². The first-order valence-electron chi connectivity index (χ1n) is 7.70. The summed E-state index contributed by atoms with van der Waals surface area (Å²) in [6.45, 7) is 0.487. The summed E-state index contributed by atoms with van der Waals surface area (Å²) in [5, 5.41) is 4.04. The van der Waals surface area contributed by atoms with Crippen molar-refractivity contribution in [2.75, 3.05) is 17.3 Å². The van der Waals surface area contributed by atoms with Gasteiger partial charge < -0.3 is 15.5 Å². The second-order valence-electron chi connectivity index (χ2n) is 6.00. The molecule has 0 saturated carbocycles. The molecule has 6 nitrogen and oxygen atoms in total. The molecule has 0 radical (unpaired) electrons. The first-order chi connectivity index (χ1) is 12.2. The zero-order chi connectivity index (χ0) is 18.9. The molecule has 140 valence electrons. The van der Waals surface area contributed by atoms with E-state index in [1.165, 1.54) is 11.3 Å². The van der Waals surface area contributed by atoms with Crippen molar-refractivity contribution in [2.24, 2.45) is 5.73 Å². The van der Waals surface area contributed by atoms with Crippen molar-refractivity contribution in [1.29, 1.82) is 0 Å². The van der Waals surface area contributed by atoms with Crippen LogP contribution in [0.5, 0.6) is 0 Å². The van der Waals surface area contributed by atoms with Gasteiger partial charge in [0, 0.05) is 23.2 Å². The van der Waals surface area contributed by atoms with Crippen molar-refractivity contribution in [1.82, 2.24) is 4.98 Å². The van der Waals surface area contributed by atoms with Crippen LogP contribution in [0.2, 0.25) is 10.2 Å². The quantitative estimate of drug-likeness (QED) is 0.550. The Labute approximate surface area is 165 Å². The van der Waals surface area contributed by atoms with Gasteiger partial charge >= 0.3 is 0 Å². The molecule has 0 aliphatic heterocycles. The number of hydrogen-bond acceptors (Lipinski definition) is 7. The minimum absolute atomic E-state index is 0.102. The van der Waals surface area contributed by atoms with Crippen LogP contribution in [-0.2, 0) is 22.8 Å². The van der Waals surface area contributed by atoms with Crippen molar-refractivity contribution >= 4 is 60.3 Å². The zero-order valence-electron chi connectivity index (χ0n) is 13.8. The molecule has 3 aromatic heterocycles. The predicted octanol–water partition coefficient (Wildman–Crippen LogP) is 3.72. The lowest BCUT2D eigenvalue weighted by molar-refractivity contribution is 0.518. The third-order valence-corrected chi connectivity index (χ3v) is 6.60. The van der Waals surface area contributed by atoms with Crippen LogP contribution in [0.3, 0.4) is 0 Å². The largest absolute Gasteiger partial charge is 0.467 e. The number of thiophene rings is 1. The van der Waals surface area contributed by atoms with E-state index in [1.54, 1.807) is 12.3 Å². The molecule has 0 aromatic carbocycles. The van der Waals surface area contributed by atoms with Gasteiger partial charge in [0.2, 0.25) is 0 Å². The molecule has 0 aliphatic rings. The van der Waals surface area contributed by atoms with E-state index in [1.807, 2.05) is 12.1 Å². The molecule has 1 atom stereocenters. The van der Waals surface area contributed by atoms with Gasteiger partial charge in [-0.15, -0.1) is 11.3 Å². The van der Waals surface area contributed by atoms with Crippen LogP contribution in [0.1, 0.15) is 10.6 Å². The highest BCUT2D eigenvalue weighted by molar-refractivity contribution is 7.90. The summed E-state index contributed by atoms with van der Waals surface area (Å²) in [7, 11) is -3.16. The molecule has 0 aliphatic carbocycles. The number of pyridine rings is 1. The molecule has 3 N–H and O–H groups in total. The lowest BCUT2D eigenvalue weighted by atomic mass is 10.2. The van der Waals surface area contributed by atoms with Gasteiger partial charge in [0.15, 0.2) is 0 Å². The molecule has 0 fully saturated rings. The third-order valence-electron chi connectivity index (χ3n) is 3.62. The van der Waals surface area contributed by atoms with Crippen LogP contribution in [0, 0.1) is 0 Å². The van der Waals surface area contributed by atoms with Gasteiger partial charge in [-0.25, -0.2) is 13.4 Å². The number of nitrogens with one attached hydrogen (secondary N) is 1. The average molecular weight is 434 g/mol. The molecule has 0 amide bonds. The molecule has 26 heavy (non-hydrogen) atoms. The van der Waals surface area contributed by atoms with Crippen LogP contribution in [-0.4, -0.2) is 31.5 Å². The third kappa shape index (κ3) is 4.69. The minimum Gasteiger partial charge on any atom is -0.467 e. The van der Waals surface area contributed by atoms with Gasteiger partial charge in [-0.2, -0.15) is 0 Å². The Kier molecular flexibility index (Phi) is 5.78. The van der Waals surface area contributed by atoms with Crippen LogP contribution < -0.4 is 11.1 Å². The SMILES string of the molecule is CS(=O)(=O)C[C@H](N)Cc1sc2c(NCc3ccco3)cc(Cl)nc2c1Cl. The number of sulfone groups is 1. The van der Waals surface area contributed by atoms with Gasteiger partial charge in [-0.3, -0.25) is 0 Å². The smallest absolute Gasteiger partial charge is 0.148 e. The standard InChI is InChI=1S/C16H17Cl2N3O3S2/c1-26(22,23)8-9(19)5-12-14(18)15-16(25-12)11(6-13(17)21-15)20-7-10-3-2-4-24-10/h2-4,6,9H,5,7-8,19H2,1H3,(H,20,21)/t9-/m1/s1. The van der Waals surface area contributed by atoms with Crippen LogP contribution in [0.25, 0.3) is 10.2 Å². The molecule has 0 spiro atoms. The van der Waals surface area contributed by atoms with Crippen molar-refractivity contribution in [2.45, 2.75) is 19.0 Å². The van der Waals surface area contributed by atoms with Crippen molar-refractivity contribution in [3.05, 3.63) is 45.3 Å². The lowest BCUT2D eigenvalue weighted by Gasteiger charge is -2.08. The predicted molar refractivity (Wildman–Crippen MR) is 107 cm³/mol. The number of nitrogens with zero attached hydrogens (tertiary/aromatic N) is 1. The van der Waals surface area contributed by atoms with Gasteiger partial charge in [0.25, 0.3) is 0 Å². The molecule has 3 rings (SSSR count). The Hall–Kier alpha value is -1.32. The number of aromatic nitrogens is 1. The van der Waals surface area contributed by atoms with Gasteiger partial charge in [0.1, 0.15) is 26.3 Å². The fourth-order valence-corrected chi connectivity index (χ4v) is 5.29. The lowest BCUT2D eigenvalue weighted by Crippen LogP contribution is -2.31. The van der Waals surface area contributed by atoms with E-state index in [-0.39, 0.29) is 5.75 Å². The Morgan fingerprint density at radius 2 is 2.19 bits per heavy atom. The molecule has 0 saturated heterocycles. The Bertz CT molecular complexity index is 1020. The van der Waals surface area contributed by atoms with Crippen molar-refractivity contribution < 1.29 is 12.8 Å². The molecule has 10 heteroatoms. The van der Waals surface area contributed by atoms with E-state index >= 15 is 0 Å². The summed E-state index contributed by atoms with van der Waals surface area (Å²) >= 11 is 14.0. The number of nitrogens with two attached hydrogens (primary N) is 1. The Morgan fingerprint density at radius 1 is 1.42 bits per heavy atom. The van der Waals surface area contributed by atoms with E-state index in [2.05, 4.69) is 10.3 Å². The van der Waals surface area contributed by atoms with Gasteiger partial charge in [0.05, 0.1) is 34.0 Å². The molecular weight excluding hydrogens is 417 g/mol. The summed E-state index contributed by atoms with van der Waals surface area (Å²) in [4.78, 5) is 5.09. The summed E-state index contributed by atoms with van der Waals surface area (Å²) in [5.74, 6) is 0.680. The Morgan fingerprint density at radius 3 is 2.85 bits per heavy atom. The molecule has 3 aromatic rings. The fraction of sp³-hybridized carbons (Fsp3) is 0.312. The highest BCUT2D eigenvalue weighted by atomic mass is 35.5. The number of anilines is 1. The van der Waals surface area contributed by atoms with E-state index in [0.717, 1.165) is 27.3 Å². The first kappa shape index (κ1) is 19.4. The number of fused-ring (bicyclic) bond motifs is 1. The molecule has 0 unspecified atom stereocenters. The monoisotopic (exact) mass is 433 g/mol. The Balaban J connectivity index is 1.90. The second-order valence-corrected chi connectivity index (χ2v) is 10.1. The summed E-state index contributed by atoms with van der Waals surface area (Å²) in [6, 6.07) is 4.87. The van der Waals surface area contributed by atoms with E-state index in [9.17, 15) is 8.42 Å². The molecule has 0 bridgehead atoms. The number of rotatable bonds is 7. The highest BCUT2D eigenvalue weighted by Crippen LogP contribution is 2.40. The number of hydrogen-bond donors (Lipinski definition) is 2. The maximum Gasteiger partial charge on any atom is 0.148 e. The first-order valence-corrected chi connectivity index (χ1v) is 11.3. The average Bonchev–Trinajstić information content (AvgIpc) is 3.13. The summed E-state index contributed by atoms with van der Waals surface area (Å²) in [5.41, 5.74) is 7.33. The normalized spacial score (nSPS) is 13.2.